The van der Waals surface area contributed by atoms with Gasteiger partial charge in [-0.25, -0.2) is 14.4 Å². The summed E-state index contributed by atoms with van der Waals surface area (Å²) in [6.07, 6.45) is 1.18. The van der Waals surface area contributed by atoms with Crippen molar-refractivity contribution in [1.29, 1.82) is 0 Å². The fourth-order valence-electron chi connectivity index (χ4n) is 5.50. The number of fused-ring (bicyclic) bond motifs is 3. The van der Waals surface area contributed by atoms with E-state index in [1.165, 1.54) is 4.90 Å². The summed E-state index contributed by atoms with van der Waals surface area (Å²) in [5, 5.41) is 10.3. The minimum absolute atomic E-state index is 0.222. The van der Waals surface area contributed by atoms with Crippen LogP contribution in [0.5, 0.6) is 0 Å². The average Bonchev–Trinajstić information content (AvgIpc) is 2.94. The summed E-state index contributed by atoms with van der Waals surface area (Å²) in [7, 11) is 1.73. The van der Waals surface area contributed by atoms with Gasteiger partial charge in [0.15, 0.2) is 6.04 Å². The van der Waals surface area contributed by atoms with E-state index < -0.39 is 30.1 Å². The third-order valence-electron chi connectivity index (χ3n) is 7.19. The molecule has 3 aliphatic rings. The number of aliphatic carboxylic acids is 1. The first-order chi connectivity index (χ1) is 18.0. The van der Waals surface area contributed by atoms with Gasteiger partial charge in [0.1, 0.15) is 0 Å². The molecule has 0 spiro atoms. The fraction of sp³-hybridized carbons (Fsp3) is 0.276. The van der Waals surface area contributed by atoms with Crippen LogP contribution >= 0.6 is 0 Å². The molecule has 190 valence electrons. The second-order valence-electron chi connectivity index (χ2n) is 9.55. The van der Waals surface area contributed by atoms with E-state index in [2.05, 4.69) is 0 Å². The van der Waals surface area contributed by atoms with Gasteiger partial charge in [-0.05, 0) is 42.7 Å². The van der Waals surface area contributed by atoms with Crippen molar-refractivity contribution in [2.24, 2.45) is 0 Å². The van der Waals surface area contributed by atoms with Crippen LogP contribution in [0.15, 0.2) is 91.0 Å². The highest BCUT2D eigenvalue weighted by Gasteiger charge is 2.54. The maximum Gasteiger partial charge on any atom is 0.330 e. The van der Waals surface area contributed by atoms with Crippen LogP contribution in [0.1, 0.15) is 18.4 Å². The molecular formula is C29H30N4O4. The predicted molar refractivity (Wildman–Crippen MR) is 141 cm³/mol. The lowest BCUT2D eigenvalue weighted by Crippen LogP contribution is -2.73. The van der Waals surface area contributed by atoms with Crippen LogP contribution in [0.2, 0.25) is 0 Å². The first kappa shape index (κ1) is 24.4. The Kier molecular flexibility index (Phi) is 6.81. The molecule has 3 aromatic carbocycles. The van der Waals surface area contributed by atoms with Crippen LogP contribution in [-0.4, -0.2) is 69.6 Å². The number of carboxylic acids is 1. The molecule has 4 amide bonds. The molecule has 0 saturated carbocycles. The third kappa shape index (κ3) is 4.74. The molecule has 8 heteroatoms. The number of carbonyl (C=O) groups is 3. The SMILES string of the molecule is CN(Cc1ccccc1)C(=O)N1C[C@H]2CC[C@@H]1[C@@H](C(=O)O)N2C(=O)N(c1ccccc1)c1ccccc1. The van der Waals surface area contributed by atoms with E-state index in [1.807, 2.05) is 91.0 Å². The van der Waals surface area contributed by atoms with Gasteiger partial charge in [-0.1, -0.05) is 66.7 Å². The number of piperidine rings is 2. The molecular weight excluding hydrogens is 468 g/mol. The van der Waals surface area contributed by atoms with E-state index in [0.717, 1.165) is 5.56 Å². The zero-order chi connectivity index (χ0) is 25.9. The Morgan fingerprint density at radius 2 is 1.35 bits per heavy atom. The molecule has 0 aromatic heterocycles. The first-order valence-corrected chi connectivity index (χ1v) is 12.5. The Hall–Kier alpha value is -4.33. The first-order valence-electron chi connectivity index (χ1n) is 12.5. The number of hydrogen-bond donors (Lipinski definition) is 1. The molecule has 0 aliphatic carbocycles. The summed E-state index contributed by atoms with van der Waals surface area (Å²) in [4.78, 5) is 46.5. The van der Waals surface area contributed by atoms with E-state index in [0.29, 0.717) is 37.3 Å². The molecule has 3 fully saturated rings. The Morgan fingerprint density at radius 1 is 0.811 bits per heavy atom. The molecule has 1 N–H and O–H groups in total. The number of carbonyl (C=O) groups excluding carboxylic acids is 2. The number of piperazine rings is 1. The topological polar surface area (TPSA) is 84.4 Å². The van der Waals surface area contributed by atoms with E-state index in [9.17, 15) is 19.5 Å². The number of para-hydroxylation sites is 2. The summed E-state index contributed by atoms with van der Waals surface area (Å²) >= 11 is 0. The normalized spacial score (nSPS) is 20.4. The Morgan fingerprint density at radius 3 is 1.89 bits per heavy atom. The Labute approximate surface area is 216 Å². The summed E-state index contributed by atoms with van der Waals surface area (Å²) in [5.74, 6) is -1.10. The quantitative estimate of drug-likeness (QED) is 0.548. The Balaban J connectivity index is 1.43. The van der Waals surface area contributed by atoms with Crippen LogP contribution in [-0.2, 0) is 11.3 Å². The lowest BCUT2D eigenvalue weighted by Gasteiger charge is -2.55. The van der Waals surface area contributed by atoms with Crippen LogP contribution in [0, 0.1) is 0 Å². The summed E-state index contributed by atoms with van der Waals surface area (Å²) < 4.78 is 0. The standard InChI is InChI=1S/C29H30N4O4/c1-30(19-21-11-5-2-6-12-21)28(36)31-20-24-17-18-25(31)26(27(34)35)33(24)29(37)32(22-13-7-3-8-14-22)23-15-9-4-10-16-23/h2-16,24-26H,17-20H2,1H3,(H,34,35)/t24-,25-,26+/m1/s1. The molecule has 8 nitrogen and oxygen atoms in total. The minimum Gasteiger partial charge on any atom is -0.480 e. The Bertz CT molecular complexity index is 1220. The van der Waals surface area contributed by atoms with E-state index >= 15 is 0 Å². The number of amides is 4. The van der Waals surface area contributed by atoms with Gasteiger partial charge in [0, 0.05) is 20.1 Å². The number of rotatable bonds is 5. The van der Waals surface area contributed by atoms with Gasteiger partial charge in [0.25, 0.3) is 0 Å². The predicted octanol–water partition coefficient (Wildman–Crippen LogP) is 4.80. The highest BCUT2D eigenvalue weighted by molar-refractivity contribution is 6.01. The van der Waals surface area contributed by atoms with Crippen molar-refractivity contribution >= 4 is 29.4 Å². The van der Waals surface area contributed by atoms with Crippen molar-refractivity contribution in [3.05, 3.63) is 96.6 Å². The molecule has 3 aromatic rings. The highest BCUT2D eigenvalue weighted by Crippen LogP contribution is 2.37. The molecule has 3 atom stereocenters. The third-order valence-corrected chi connectivity index (χ3v) is 7.19. The molecule has 37 heavy (non-hydrogen) atoms. The van der Waals surface area contributed by atoms with Crippen molar-refractivity contribution < 1.29 is 19.5 Å². The summed E-state index contributed by atoms with van der Waals surface area (Å²) in [6.45, 7) is 0.722. The van der Waals surface area contributed by atoms with Crippen LogP contribution in [0.4, 0.5) is 21.0 Å². The second-order valence-corrected chi connectivity index (χ2v) is 9.55. The van der Waals surface area contributed by atoms with Gasteiger partial charge in [0.2, 0.25) is 0 Å². The zero-order valence-corrected chi connectivity index (χ0v) is 20.7. The monoisotopic (exact) mass is 498 g/mol. The smallest absolute Gasteiger partial charge is 0.330 e. The number of nitrogens with zero attached hydrogens (tertiary/aromatic N) is 4. The minimum atomic E-state index is -1.14. The average molecular weight is 499 g/mol. The van der Waals surface area contributed by atoms with Crippen molar-refractivity contribution in [3.63, 3.8) is 0 Å². The van der Waals surface area contributed by atoms with Gasteiger partial charge in [-0.2, -0.15) is 0 Å². The molecule has 0 unspecified atom stereocenters. The van der Waals surface area contributed by atoms with Crippen molar-refractivity contribution in [3.8, 4) is 0 Å². The van der Waals surface area contributed by atoms with Crippen LogP contribution in [0.25, 0.3) is 0 Å². The van der Waals surface area contributed by atoms with E-state index in [4.69, 9.17) is 0 Å². The highest BCUT2D eigenvalue weighted by atomic mass is 16.4. The van der Waals surface area contributed by atoms with Gasteiger partial charge < -0.3 is 19.8 Å². The van der Waals surface area contributed by atoms with Crippen LogP contribution in [0.3, 0.4) is 0 Å². The number of hydrogen-bond acceptors (Lipinski definition) is 3. The number of urea groups is 2. The van der Waals surface area contributed by atoms with Gasteiger partial charge >= 0.3 is 18.0 Å². The molecule has 0 radical (unpaired) electrons. The van der Waals surface area contributed by atoms with E-state index in [-0.39, 0.29) is 6.03 Å². The summed E-state index contributed by atoms with van der Waals surface area (Å²) in [6, 6.07) is 25.4. The number of benzene rings is 3. The fourth-order valence-corrected chi connectivity index (χ4v) is 5.50. The largest absolute Gasteiger partial charge is 0.480 e. The molecule has 3 saturated heterocycles. The van der Waals surface area contributed by atoms with Crippen molar-refractivity contribution in [2.45, 2.75) is 37.5 Å². The van der Waals surface area contributed by atoms with E-state index in [1.54, 1.807) is 21.7 Å². The van der Waals surface area contributed by atoms with Gasteiger partial charge in [-0.3, -0.25) is 4.90 Å². The molecule has 6 rings (SSSR count). The zero-order valence-electron chi connectivity index (χ0n) is 20.7. The van der Waals surface area contributed by atoms with Gasteiger partial charge in [0.05, 0.1) is 23.5 Å². The number of carboxylic acid groups (broad SMARTS) is 1. The maximum absolute atomic E-state index is 14.1. The van der Waals surface area contributed by atoms with Gasteiger partial charge in [-0.15, -0.1) is 0 Å². The molecule has 3 aliphatic heterocycles. The van der Waals surface area contributed by atoms with Crippen molar-refractivity contribution in [2.75, 3.05) is 18.5 Å². The lowest BCUT2D eigenvalue weighted by atomic mass is 9.84. The maximum atomic E-state index is 14.1. The molecule has 2 bridgehead atoms. The lowest BCUT2D eigenvalue weighted by molar-refractivity contribution is -0.151. The van der Waals surface area contributed by atoms with Crippen molar-refractivity contribution in [1.82, 2.24) is 14.7 Å². The van der Waals surface area contributed by atoms with Crippen LogP contribution < -0.4 is 4.90 Å². The second kappa shape index (κ2) is 10.3. The summed E-state index contributed by atoms with van der Waals surface area (Å²) in [5.41, 5.74) is 2.30. The molecule has 3 heterocycles. The number of anilines is 2.